The number of likely N-dealkylation sites (tertiary alicyclic amines) is 1. The molecule has 2 aromatic carbocycles. The van der Waals surface area contributed by atoms with Crippen molar-refractivity contribution in [3.05, 3.63) is 53.6 Å². The average molecular weight is 524 g/mol. The lowest BCUT2D eigenvalue weighted by molar-refractivity contribution is -0.152. The Bertz CT molecular complexity index is 1150. The van der Waals surface area contributed by atoms with Crippen LogP contribution in [0.15, 0.2) is 47.6 Å². The number of benzene rings is 2. The zero-order valence-corrected chi connectivity index (χ0v) is 22.6. The Morgan fingerprint density at radius 2 is 1.74 bits per heavy atom. The summed E-state index contributed by atoms with van der Waals surface area (Å²) in [4.78, 5) is 28.3. The molecule has 204 valence electrons. The molecule has 38 heavy (non-hydrogen) atoms. The van der Waals surface area contributed by atoms with E-state index in [4.69, 9.17) is 24.0 Å². The minimum absolute atomic E-state index is 0.0908. The summed E-state index contributed by atoms with van der Waals surface area (Å²) >= 11 is 0. The molecule has 1 amide bonds. The highest BCUT2D eigenvalue weighted by Gasteiger charge is 2.37. The Balaban J connectivity index is 1.64. The van der Waals surface area contributed by atoms with Crippen LogP contribution in [0, 0.1) is 0 Å². The monoisotopic (exact) mass is 523 g/mol. The lowest BCUT2D eigenvalue weighted by Crippen LogP contribution is -2.49. The van der Waals surface area contributed by atoms with Crippen molar-refractivity contribution < 1.29 is 28.5 Å². The smallest absolute Gasteiger partial charge is 0.323 e. The van der Waals surface area contributed by atoms with Crippen LogP contribution in [0.2, 0.25) is 0 Å². The second-order valence-corrected chi connectivity index (χ2v) is 9.31. The van der Waals surface area contributed by atoms with Crippen LogP contribution >= 0.6 is 0 Å². The fourth-order valence-electron chi connectivity index (χ4n) is 5.08. The molecule has 2 aliphatic heterocycles. The second-order valence-electron chi connectivity index (χ2n) is 9.31. The van der Waals surface area contributed by atoms with Crippen molar-refractivity contribution in [1.29, 1.82) is 0 Å². The van der Waals surface area contributed by atoms with Crippen LogP contribution in [0.5, 0.6) is 17.2 Å². The molecule has 0 saturated carbocycles. The van der Waals surface area contributed by atoms with Crippen molar-refractivity contribution in [2.24, 2.45) is 5.10 Å². The van der Waals surface area contributed by atoms with E-state index in [1.54, 1.807) is 26.2 Å². The van der Waals surface area contributed by atoms with E-state index < -0.39 is 6.04 Å². The highest BCUT2D eigenvalue weighted by atomic mass is 16.5. The van der Waals surface area contributed by atoms with Crippen molar-refractivity contribution >= 4 is 17.6 Å². The summed E-state index contributed by atoms with van der Waals surface area (Å²) in [6, 6.07) is 12.6. The van der Waals surface area contributed by atoms with Gasteiger partial charge < -0.3 is 18.9 Å². The predicted molar refractivity (Wildman–Crippen MR) is 144 cm³/mol. The Morgan fingerprint density at radius 3 is 2.42 bits per heavy atom. The van der Waals surface area contributed by atoms with Crippen molar-refractivity contribution in [2.75, 3.05) is 40.5 Å². The fraction of sp³-hybridized carbons (Fsp3) is 0.483. The van der Waals surface area contributed by atoms with Crippen molar-refractivity contribution in [2.45, 2.75) is 51.6 Å². The maximum Gasteiger partial charge on any atom is 0.323 e. The van der Waals surface area contributed by atoms with Gasteiger partial charge in [0.05, 0.1) is 45.7 Å². The number of ether oxygens (including phenoxy) is 4. The fourth-order valence-corrected chi connectivity index (χ4v) is 5.08. The Labute approximate surface area is 224 Å². The standard InChI is InChI=1S/C29H37N3O6/c1-5-37-21-12-10-20(11-13-21)26-18-24(23-15-14-22(35-3)17-27(23)36-4)30-32(26)28(33)19-31-16-8-7-9-25(31)29(34)38-6-2/h10-15,17,25-26H,5-9,16,18-19H2,1-4H3. The molecule has 2 unspecified atom stereocenters. The largest absolute Gasteiger partial charge is 0.497 e. The topological polar surface area (TPSA) is 89.9 Å². The summed E-state index contributed by atoms with van der Waals surface area (Å²) in [5.41, 5.74) is 2.51. The molecule has 0 spiro atoms. The molecule has 2 atom stereocenters. The van der Waals surface area contributed by atoms with Crippen LogP contribution in [-0.2, 0) is 14.3 Å². The highest BCUT2D eigenvalue weighted by molar-refractivity contribution is 6.05. The third-order valence-electron chi connectivity index (χ3n) is 6.97. The Kier molecular flexibility index (Phi) is 9.23. The molecule has 2 heterocycles. The number of rotatable bonds is 10. The third kappa shape index (κ3) is 6.10. The van der Waals surface area contributed by atoms with Gasteiger partial charge in [0.2, 0.25) is 0 Å². The summed E-state index contributed by atoms with van der Waals surface area (Å²) in [7, 11) is 3.21. The normalized spacial score (nSPS) is 19.6. The summed E-state index contributed by atoms with van der Waals surface area (Å²) in [6.07, 6.45) is 3.07. The molecule has 1 fully saturated rings. The summed E-state index contributed by atoms with van der Waals surface area (Å²) in [5, 5.41) is 6.38. The van der Waals surface area contributed by atoms with E-state index in [1.165, 1.54) is 0 Å². The maximum atomic E-state index is 13.8. The Hall–Kier alpha value is -3.59. The first-order valence-corrected chi connectivity index (χ1v) is 13.2. The molecular formula is C29H37N3O6. The lowest BCUT2D eigenvalue weighted by atomic mass is 9.97. The zero-order chi connectivity index (χ0) is 27.1. The van der Waals surface area contributed by atoms with Crippen LogP contribution in [0.3, 0.4) is 0 Å². The van der Waals surface area contributed by atoms with E-state index in [0.29, 0.717) is 44.1 Å². The maximum absolute atomic E-state index is 13.8. The van der Waals surface area contributed by atoms with Crippen LogP contribution < -0.4 is 14.2 Å². The van der Waals surface area contributed by atoms with E-state index in [2.05, 4.69) is 0 Å². The first-order valence-electron chi connectivity index (χ1n) is 13.2. The number of hydrazone groups is 1. The van der Waals surface area contributed by atoms with Gasteiger partial charge in [0, 0.05) is 18.1 Å². The number of carbonyl (C=O) groups is 2. The van der Waals surface area contributed by atoms with Gasteiger partial charge in [-0.25, -0.2) is 5.01 Å². The van der Waals surface area contributed by atoms with Gasteiger partial charge in [-0.2, -0.15) is 5.10 Å². The number of nitrogens with zero attached hydrogens (tertiary/aromatic N) is 3. The number of methoxy groups -OCH3 is 2. The SMILES string of the molecule is CCOC(=O)C1CCCCN1CC(=O)N1N=C(c2ccc(OC)cc2OC)CC1c1ccc(OCC)cc1. The Morgan fingerprint density at radius 1 is 0.974 bits per heavy atom. The molecule has 2 aromatic rings. The first kappa shape index (κ1) is 27.4. The van der Waals surface area contributed by atoms with Crippen molar-refractivity contribution in [1.82, 2.24) is 9.91 Å². The number of esters is 1. The van der Waals surface area contributed by atoms with E-state index in [0.717, 1.165) is 35.4 Å². The molecule has 0 radical (unpaired) electrons. The molecule has 1 saturated heterocycles. The van der Waals surface area contributed by atoms with Crippen LogP contribution in [0.4, 0.5) is 0 Å². The van der Waals surface area contributed by atoms with Crippen LogP contribution in [-0.4, -0.2) is 74.1 Å². The highest BCUT2D eigenvalue weighted by Crippen LogP contribution is 2.37. The predicted octanol–water partition coefficient (Wildman–Crippen LogP) is 4.20. The van der Waals surface area contributed by atoms with E-state index in [9.17, 15) is 9.59 Å². The lowest BCUT2D eigenvalue weighted by Gasteiger charge is -2.34. The number of hydrogen-bond acceptors (Lipinski definition) is 8. The van der Waals surface area contributed by atoms with Gasteiger partial charge in [-0.05, 0) is 63.1 Å². The van der Waals surface area contributed by atoms with E-state index in [1.807, 2.05) is 54.3 Å². The van der Waals surface area contributed by atoms with Crippen molar-refractivity contribution in [3.63, 3.8) is 0 Å². The molecule has 9 nitrogen and oxygen atoms in total. The van der Waals surface area contributed by atoms with Gasteiger partial charge >= 0.3 is 5.97 Å². The van der Waals surface area contributed by atoms with E-state index in [-0.39, 0.29) is 24.5 Å². The van der Waals surface area contributed by atoms with Gasteiger partial charge in [0.25, 0.3) is 5.91 Å². The van der Waals surface area contributed by atoms with Gasteiger partial charge in [-0.1, -0.05) is 18.6 Å². The number of piperidine rings is 1. The minimum Gasteiger partial charge on any atom is -0.497 e. The van der Waals surface area contributed by atoms with Crippen LogP contribution in [0.1, 0.15) is 56.7 Å². The number of carbonyl (C=O) groups excluding carboxylic acids is 2. The molecule has 9 heteroatoms. The van der Waals surface area contributed by atoms with Gasteiger partial charge in [-0.15, -0.1) is 0 Å². The van der Waals surface area contributed by atoms with Crippen molar-refractivity contribution in [3.8, 4) is 17.2 Å². The number of hydrogen-bond donors (Lipinski definition) is 0. The molecule has 2 aliphatic rings. The summed E-state index contributed by atoms with van der Waals surface area (Å²) in [5.74, 6) is 1.64. The van der Waals surface area contributed by atoms with E-state index >= 15 is 0 Å². The molecule has 4 rings (SSSR count). The average Bonchev–Trinajstić information content (AvgIpc) is 3.39. The van der Waals surface area contributed by atoms with Gasteiger partial charge in [0.1, 0.15) is 23.3 Å². The quantitative estimate of drug-likeness (QED) is 0.431. The minimum atomic E-state index is -0.413. The first-order chi connectivity index (χ1) is 18.5. The van der Waals surface area contributed by atoms with Gasteiger partial charge in [0.15, 0.2) is 0 Å². The zero-order valence-electron chi connectivity index (χ0n) is 22.6. The molecule has 0 aliphatic carbocycles. The van der Waals surface area contributed by atoms with Crippen LogP contribution in [0.25, 0.3) is 0 Å². The molecule has 0 aromatic heterocycles. The summed E-state index contributed by atoms with van der Waals surface area (Å²) in [6.45, 7) is 5.40. The van der Waals surface area contributed by atoms with Gasteiger partial charge in [-0.3, -0.25) is 14.5 Å². The number of amides is 1. The third-order valence-corrected chi connectivity index (χ3v) is 6.97. The summed E-state index contributed by atoms with van der Waals surface area (Å²) < 4.78 is 21.9. The molecule has 0 bridgehead atoms. The molecule has 0 N–H and O–H groups in total. The second kappa shape index (κ2) is 12.8. The molecular weight excluding hydrogens is 486 g/mol.